The van der Waals surface area contributed by atoms with E-state index in [9.17, 15) is 0 Å². The molecule has 0 radical (unpaired) electrons. The van der Waals surface area contributed by atoms with Gasteiger partial charge in [-0.3, -0.25) is 0 Å². The first-order valence-electron chi connectivity index (χ1n) is 10.3. The molecular formula is C20H35BClN2O2PSi. The third-order valence-corrected chi connectivity index (χ3v) is 9.02. The molecular weight excluding hydrogens is 406 g/mol. The summed E-state index contributed by atoms with van der Waals surface area (Å²) < 4.78 is 19.3. The molecule has 0 saturated carbocycles. The van der Waals surface area contributed by atoms with Crippen molar-refractivity contribution in [3.63, 3.8) is 0 Å². The van der Waals surface area contributed by atoms with Gasteiger partial charge in [0, 0.05) is 19.7 Å². The lowest BCUT2D eigenvalue weighted by Gasteiger charge is -2.43. The summed E-state index contributed by atoms with van der Waals surface area (Å²) in [6.07, 6.45) is 0. The van der Waals surface area contributed by atoms with E-state index in [1.807, 2.05) is 0 Å². The first-order chi connectivity index (χ1) is 14.2. The van der Waals surface area contributed by atoms with Gasteiger partial charge in [-0.2, -0.15) is 0 Å². The highest BCUT2D eigenvalue weighted by Gasteiger charge is 2.49. The Morgan fingerprint density at radius 3 is 1.75 bits per heavy atom. The molecule has 156 valence electrons. The Balaban J connectivity index is 0.000000789. The second-order valence-corrected chi connectivity index (χ2v) is 12.1. The zero-order valence-electron chi connectivity index (χ0n) is 19.1. The predicted octanol–water partition coefficient (Wildman–Crippen LogP) is 1.83. The lowest BCUT2D eigenvalue weighted by molar-refractivity contribution is 0.306. The van der Waals surface area contributed by atoms with E-state index in [-0.39, 0.29) is 19.5 Å². The van der Waals surface area contributed by atoms with Crippen LogP contribution in [0.2, 0.25) is 5.04 Å². The summed E-state index contributed by atoms with van der Waals surface area (Å²) in [6, 6.07) is 21.3. The molecule has 0 aliphatic heterocycles. The van der Waals surface area contributed by atoms with Crippen molar-refractivity contribution in [2.24, 2.45) is 11.5 Å². The van der Waals surface area contributed by atoms with Crippen molar-refractivity contribution in [3.05, 3.63) is 60.7 Å². The van der Waals surface area contributed by atoms with Gasteiger partial charge in [0.1, 0.15) is 7.49 Å². The van der Waals surface area contributed by atoms with E-state index in [1.165, 1.54) is 10.4 Å². The number of nitrogens with two attached hydrogens (primary N) is 2. The van der Waals surface area contributed by atoms with E-state index >= 15 is 0 Å². The van der Waals surface area contributed by atoms with E-state index in [0.29, 0.717) is 19.7 Å². The van der Waals surface area contributed by atoms with Crippen molar-refractivity contribution in [1.29, 1.82) is 2.67 Å². The Bertz CT molecular complexity index is 629. The Kier molecular flexibility index (Phi) is 12.8. The lowest BCUT2D eigenvalue weighted by Crippen LogP contribution is -2.66. The molecule has 1 atom stereocenters. The van der Waals surface area contributed by atoms with E-state index in [0.717, 1.165) is 0 Å². The van der Waals surface area contributed by atoms with Crippen molar-refractivity contribution in [1.82, 2.24) is 0 Å². The molecule has 8 heteroatoms. The van der Waals surface area contributed by atoms with Crippen LogP contribution in [0.25, 0.3) is 0 Å². The van der Waals surface area contributed by atoms with Gasteiger partial charge in [-0.1, -0.05) is 89.2 Å². The Morgan fingerprint density at radius 2 is 1.50 bits per heavy atom. The molecule has 28 heavy (non-hydrogen) atoms. The summed E-state index contributed by atoms with van der Waals surface area (Å²) in [6.45, 7) is 8.43. The van der Waals surface area contributed by atoms with Crippen LogP contribution >= 0.6 is 19.1 Å². The quantitative estimate of drug-likeness (QED) is 0.450. The van der Waals surface area contributed by atoms with Crippen molar-refractivity contribution in [2.75, 3.05) is 26.3 Å². The fourth-order valence-corrected chi connectivity index (χ4v) is 7.55. The number of benzene rings is 2. The van der Waals surface area contributed by atoms with E-state index < -0.39 is 15.8 Å². The van der Waals surface area contributed by atoms with Crippen LogP contribution in [0.3, 0.4) is 0 Å². The number of aliphatic hydroxyl groups is 1. The third-order valence-electron chi connectivity index (χ3n) is 3.98. The van der Waals surface area contributed by atoms with E-state index in [2.05, 4.69) is 81.4 Å². The number of rotatable bonds is 7. The van der Waals surface area contributed by atoms with E-state index in [4.69, 9.17) is 34.9 Å². The number of hydrogen-bond donors (Lipinski definition) is 3. The van der Waals surface area contributed by atoms with E-state index in [1.54, 1.807) is 0 Å². The average molecular weight is 444 g/mol. The maximum Gasteiger partial charge on any atom is 0.261 e. The minimum Gasteiger partial charge on any atom is -0.406 e. The molecule has 5 N–H and O–H groups in total. The summed E-state index contributed by atoms with van der Waals surface area (Å²) in [7, 11) is -3.25. The highest BCUT2D eigenvalue weighted by molar-refractivity contribution is 7.88. The van der Waals surface area contributed by atoms with Crippen LogP contribution in [0.1, 0.15) is 20.8 Å². The molecule has 2 rings (SSSR count). The monoisotopic (exact) mass is 443 g/mol. The van der Waals surface area contributed by atoms with Crippen molar-refractivity contribution in [2.45, 2.75) is 25.8 Å². The van der Waals surface area contributed by atoms with Crippen LogP contribution in [-0.2, 0) is 4.43 Å². The molecule has 2 aromatic rings. The van der Waals surface area contributed by atoms with Gasteiger partial charge in [0.05, 0.1) is 6.61 Å². The second kappa shape index (κ2) is 15.2. The first-order valence-corrected chi connectivity index (χ1v) is 13.2. The maximum atomic E-state index is 7.75. The average Bonchev–Trinajstić information content (AvgIpc) is 2.75. The third kappa shape index (κ3) is 8.34. The summed E-state index contributed by atoms with van der Waals surface area (Å²) in [4.78, 5) is 0. The molecule has 0 amide bonds. The van der Waals surface area contributed by atoms with Crippen molar-refractivity contribution >= 4 is 45.2 Å². The molecule has 0 saturated heterocycles. The van der Waals surface area contributed by atoms with Gasteiger partial charge in [0.15, 0.2) is 0 Å². The summed E-state index contributed by atoms with van der Waals surface area (Å²) >= 11 is 4.99. The smallest absolute Gasteiger partial charge is 0.261 e. The predicted molar refractivity (Wildman–Crippen MR) is 131 cm³/mol. The zero-order valence-corrected chi connectivity index (χ0v) is 19.8. The number of hydrogen-bond acceptors (Lipinski definition) is 4. The van der Waals surface area contributed by atoms with Crippen LogP contribution in [0.15, 0.2) is 60.7 Å². The molecule has 0 fully saturated rings. The summed E-state index contributed by atoms with van der Waals surface area (Å²) in [5.41, 5.74) is 10.5. The standard InChI is InChI=1S/C18H25NOSi.C2H7NO.BClH3P/c1-18(2,3)21(20-15-14-19,16-10-6-4-7-11-16)17-12-8-5-9-13-17;3-1-2-4;1-3-2/h4-13H,14-15,19H2,1-3H3;4H,1-3H2;3H,1H2/i;;1TD. The SMILES string of the molecule is CC(C)(C)[Si](OCCN)(c1ccccc1)c1ccccc1.NCCO.[2H]B([3H])PCl. The topological polar surface area (TPSA) is 81.5 Å². The molecule has 4 nitrogen and oxygen atoms in total. The Hall–Kier alpha value is -0.718. The van der Waals surface area contributed by atoms with Gasteiger partial charge in [-0.25, -0.2) is 0 Å². The minimum atomic E-state index is -2.35. The zero-order chi connectivity index (χ0) is 23.0. The highest BCUT2D eigenvalue weighted by atomic mass is 35.7. The Morgan fingerprint density at radius 1 is 1.11 bits per heavy atom. The molecule has 0 aromatic heterocycles. The van der Waals surface area contributed by atoms with Crippen molar-refractivity contribution < 1.29 is 9.53 Å². The Labute approximate surface area is 181 Å². The van der Waals surface area contributed by atoms with Gasteiger partial charge < -0.3 is 21.0 Å². The van der Waals surface area contributed by atoms with Gasteiger partial charge in [-0.15, -0.1) is 11.2 Å². The first kappa shape index (κ1) is 23.6. The maximum absolute atomic E-state index is 7.75. The summed E-state index contributed by atoms with van der Waals surface area (Å²) in [5.74, 6) is 0. The molecule has 0 aliphatic carbocycles. The van der Waals surface area contributed by atoms with Gasteiger partial charge in [-0.05, 0) is 18.1 Å². The lowest BCUT2D eigenvalue weighted by atomic mass is 10.2. The van der Waals surface area contributed by atoms with Gasteiger partial charge >= 0.3 is 0 Å². The van der Waals surface area contributed by atoms with Crippen LogP contribution in [0, 0.1) is 0 Å². The normalized spacial score (nSPS) is 12.2. The largest absolute Gasteiger partial charge is 0.406 e. The van der Waals surface area contributed by atoms with Gasteiger partial charge in [0.2, 0.25) is 0 Å². The van der Waals surface area contributed by atoms with Crippen LogP contribution < -0.4 is 21.8 Å². The molecule has 0 bridgehead atoms. The highest BCUT2D eigenvalue weighted by Crippen LogP contribution is 2.36. The van der Waals surface area contributed by atoms with Crippen LogP contribution in [0.4, 0.5) is 0 Å². The minimum absolute atomic E-state index is 0.0326. The molecule has 1 unspecified atom stereocenters. The summed E-state index contributed by atoms with van der Waals surface area (Å²) in [5, 5.41) is 10.4. The number of halogens is 1. The van der Waals surface area contributed by atoms with Gasteiger partial charge in [0.25, 0.3) is 8.32 Å². The fraction of sp³-hybridized carbons (Fsp3) is 0.400. The number of aliphatic hydroxyl groups excluding tert-OH is 1. The fourth-order valence-electron chi connectivity index (χ4n) is 2.97. The molecule has 0 aliphatic rings. The van der Waals surface area contributed by atoms with Crippen LogP contribution in [0.5, 0.6) is 0 Å². The second-order valence-electron chi connectivity index (χ2n) is 6.92. The van der Waals surface area contributed by atoms with Crippen molar-refractivity contribution in [3.8, 4) is 0 Å². The molecule has 0 spiro atoms. The molecule has 2 aromatic carbocycles. The van der Waals surface area contributed by atoms with Crippen LogP contribution in [-0.4, -0.2) is 49.9 Å². The molecule has 0 heterocycles.